The first kappa shape index (κ1) is 14.7. The third-order valence-corrected chi connectivity index (χ3v) is 1.82. The van der Waals surface area contributed by atoms with Gasteiger partial charge in [0.2, 0.25) is 5.91 Å². The van der Waals surface area contributed by atoms with Crippen LogP contribution in [0.1, 0.15) is 13.3 Å². The standard InChI is InChI=1S/C11H16N2O2.ClH/c1-2-15-10-5-3-9(4-6-10)13-11(14)7-8-12;/h3-6H,2,7-8,12H2,1H3,(H,13,14);1H. The first-order valence-electron chi connectivity index (χ1n) is 4.99. The Bertz CT molecular complexity index is 314. The van der Waals surface area contributed by atoms with E-state index in [0.717, 1.165) is 11.4 Å². The molecule has 0 spiro atoms. The number of hydrogen-bond acceptors (Lipinski definition) is 3. The van der Waals surface area contributed by atoms with Gasteiger partial charge in [-0.2, -0.15) is 0 Å². The number of nitrogens with two attached hydrogens (primary N) is 1. The van der Waals surface area contributed by atoms with Crippen LogP contribution < -0.4 is 15.8 Å². The number of hydrogen-bond donors (Lipinski definition) is 2. The van der Waals surface area contributed by atoms with Crippen molar-refractivity contribution >= 4 is 24.0 Å². The monoisotopic (exact) mass is 244 g/mol. The number of ether oxygens (including phenoxy) is 1. The summed E-state index contributed by atoms with van der Waals surface area (Å²) in [5, 5.41) is 2.74. The molecule has 0 aromatic heterocycles. The van der Waals surface area contributed by atoms with Gasteiger partial charge in [0, 0.05) is 18.7 Å². The molecule has 0 aliphatic heterocycles. The van der Waals surface area contributed by atoms with Gasteiger partial charge in [0.1, 0.15) is 5.75 Å². The fourth-order valence-electron chi connectivity index (χ4n) is 1.16. The third-order valence-electron chi connectivity index (χ3n) is 1.82. The average molecular weight is 245 g/mol. The molecule has 1 aromatic carbocycles. The Hall–Kier alpha value is -1.26. The van der Waals surface area contributed by atoms with Crippen molar-refractivity contribution in [3.63, 3.8) is 0 Å². The number of carbonyl (C=O) groups is 1. The van der Waals surface area contributed by atoms with E-state index < -0.39 is 0 Å². The SMILES string of the molecule is CCOc1ccc(NC(=O)CCN)cc1.Cl. The van der Waals surface area contributed by atoms with E-state index in [1.54, 1.807) is 12.1 Å². The molecule has 0 saturated carbocycles. The number of carbonyl (C=O) groups excluding carboxylic acids is 1. The van der Waals surface area contributed by atoms with Crippen LogP contribution in [0.15, 0.2) is 24.3 Å². The van der Waals surface area contributed by atoms with Gasteiger partial charge in [0.05, 0.1) is 6.61 Å². The lowest BCUT2D eigenvalue weighted by Gasteiger charge is -2.06. The van der Waals surface area contributed by atoms with Gasteiger partial charge in [0.25, 0.3) is 0 Å². The predicted octanol–water partition coefficient (Wildman–Crippen LogP) is 1.79. The number of nitrogens with one attached hydrogen (secondary N) is 1. The van der Waals surface area contributed by atoms with E-state index in [1.807, 2.05) is 19.1 Å². The first-order chi connectivity index (χ1) is 7.26. The Morgan fingerprint density at radius 3 is 2.50 bits per heavy atom. The minimum atomic E-state index is -0.0679. The van der Waals surface area contributed by atoms with E-state index in [9.17, 15) is 4.79 Å². The van der Waals surface area contributed by atoms with Crippen LogP contribution in [0.4, 0.5) is 5.69 Å². The highest BCUT2D eigenvalue weighted by Gasteiger charge is 2.00. The molecule has 0 unspecified atom stereocenters. The molecule has 0 heterocycles. The Kier molecular flexibility index (Phi) is 7.33. The van der Waals surface area contributed by atoms with Gasteiger partial charge in [0.15, 0.2) is 0 Å². The molecule has 0 atom stereocenters. The summed E-state index contributed by atoms with van der Waals surface area (Å²) in [5.74, 6) is 0.732. The van der Waals surface area contributed by atoms with Gasteiger partial charge in [-0.15, -0.1) is 12.4 Å². The quantitative estimate of drug-likeness (QED) is 0.830. The summed E-state index contributed by atoms with van der Waals surface area (Å²) in [4.78, 5) is 11.2. The molecular formula is C11H17ClN2O2. The van der Waals surface area contributed by atoms with Crippen molar-refractivity contribution in [3.05, 3.63) is 24.3 Å². The van der Waals surface area contributed by atoms with Crippen LogP contribution in [0.5, 0.6) is 5.75 Å². The van der Waals surface area contributed by atoms with Crippen molar-refractivity contribution in [1.82, 2.24) is 0 Å². The second-order valence-corrected chi connectivity index (χ2v) is 3.04. The molecule has 0 bridgehead atoms. The summed E-state index contributed by atoms with van der Waals surface area (Å²) in [6.07, 6.45) is 0.340. The molecule has 1 amide bonds. The van der Waals surface area contributed by atoms with Crippen molar-refractivity contribution < 1.29 is 9.53 Å². The number of halogens is 1. The summed E-state index contributed by atoms with van der Waals surface area (Å²) in [5.41, 5.74) is 6.03. The Morgan fingerprint density at radius 2 is 2.00 bits per heavy atom. The van der Waals surface area contributed by atoms with Crippen LogP contribution in [0, 0.1) is 0 Å². The van der Waals surface area contributed by atoms with E-state index in [2.05, 4.69) is 5.32 Å². The van der Waals surface area contributed by atoms with E-state index >= 15 is 0 Å². The molecule has 1 rings (SSSR count). The number of rotatable bonds is 5. The van der Waals surface area contributed by atoms with Gasteiger partial charge >= 0.3 is 0 Å². The maximum atomic E-state index is 11.2. The highest BCUT2D eigenvalue weighted by Crippen LogP contribution is 2.15. The molecule has 0 aliphatic carbocycles. The summed E-state index contributed by atoms with van der Waals surface area (Å²) >= 11 is 0. The smallest absolute Gasteiger partial charge is 0.225 e. The van der Waals surface area contributed by atoms with Crippen LogP contribution in [-0.4, -0.2) is 19.1 Å². The molecule has 0 saturated heterocycles. The molecule has 16 heavy (non-hydrogen) atoms. The van der Waals surface area contributed by atoms with Crippen LogP contribution in [0.3, 0.4) is 0 Å². The molecule has 1 aromatic rings. The van der Waals surface area contributed by atoms with E-state index in [-0.39, 0.29) is 18.3 Å². The second-order valence-electron chi connectivity index (χ2n) is 3.04. The first-order valence-corrected chi connectivity index (χ1v) is 4.99. The summed E-state index contributed by atoms with van der Waals surface area (Å²) < 4.78 is 5.28. The molecule has 3 N–H and O–H groups in total. The van der Waals surface area contributed by atoms with Gasteiger partial charge in [-0.1, -0.05) is 0 Å². The van der Waals surface area contributed by atoms with E-state index in [1.165, 1.54) is 0 Å². The fourth-order valence-corrected chi connectivity index (χ4v) is 1.16. The Labute approximate surface area is 102 Å². The minimum absolute atomic E-state index is 0. The highest BCUT2D eigenvalue weighted by molar-refractivity contribution is 5.90. The van der Waals surface area contributed by atoms with E-state index in [4.69, 9.17) is 10.5 Å². The zero-order valence-corrected chi connectivity index (χ0v) is 10.0. The average Bonchev–Trinajstić information content (AvgIpc) is 2.22. The summed E-state index contributed by atoms with van der Waals surface area (Å²) in [6, 6.07) is 7.25. The summed E-state index contributed by atoms with van der Waals surface area (Å²) in [6.45, 7) is 2.93. The lowest BCUT2D eigenvalue weighted by Crippen LogP contribution is -2.16. The molecule has 0 radical (unpaired) electrons. The maximum Gasteiger partial charge on any atom is 0.225 e. The zero-order valence-electron chi connectivity index (χ0n) is 9.23. The van der Waals surface area contributed by atoms with E-state index in [0.29, 0.717) is 19.6 Å². The molecule has 0 fully saturated rings. The molecule has 0 aliphatic rings. The van der Waals surface area contributed by atoms with Crippen LogP contribution in [0.25, 0.3) is 0 Å². The van der Waals surface area contributed by atoms with Gasteiger partial charge in [-0.05, 0) is 31.2 Å². The van der Waals surface area contributed by atoms with Crippen molar-refractivity contribution in [2.45, 2.75) is 13.3 Å². The van der Waals surface area contributed by atoms with Gasteiger partial charge in [-0.25, -0.2) is 0 Å². The van der Waals surface area contributed by atoms with Crippen LogP contribution >= 0.6 is 12.4 Å². The van der Waals surface area contributed by atoms with Crippen molar-refractivity contribution in [2.75, 3.05) is 18.5 Å². The molecule has 4 nitrogen and oxygen atoms in total. The topological polar surface area (TPSA) is 64.3 Å². The Morgan fingerprint density at radius 1 is 1.38 bits per heavy atom. The lowest BCUT2D eigenvalue weighted by atomic mass is 10.3. The van der Waals surface area contributed by atoms with Gasteiger partial charge < -0.3 is 15.8 Å². The largest absolute Gasteiger partial charge is 0.494 e. The lowest BCUT2D eigenvalue weighted by molar-refractivity contribution is -0.116. The maximum absolute atomic E-state index is 11.2. The minimum Gasteiger partial charge on any atom is -0.494 e. The summed E-state index contributed by atoms with van der Waals surface area (Å²) in [7, 11) is 0. The predicted molar refractivity (Wildman–Crippen MR) is 67.2 cm³/mol. The Balaban J connectivity index is 0.00000225. The molecule has 90 valence electrons. The van der Waals surface area contributed by atoms with Gasteiger partial charge in [-0.3, -0.25) is 4.79 Å². The zero-order chi connectivity index (χ0) is 11.1. The number of anilines is 1. The van der Waals surface area contributed by atoms with Crippen LogP contribution in [0.2, 0.25) is 0 Å². The molecule has 5 heteroatoms. The normalized spacial score (nSPS) is 9.12. The molecular weight excluding hydrogens is 228 g/mol. The van der Waals surface area contributed by atoms with Crippen molar-refractivity contribution in [1.29, 1.82) is 0 Å². The highest BCUT2D eigenvalue weighted by atomic mass is 35.5. The second kappa shape index (κ2) is 7.96. The van der Waals surface area contributed by atoms with Crippen molar-refractivity contribution in [2.24, 2.45) is 5.73 Å². The third kappa shape index (κ3) is 5.00. The van der Waals surface area contributed by atoms with Crippen LogP contribution in [-0.2, 0) is 4.79 Å². The fraction of sp³-hybridized carbons (Fsp3) is 0.364. The number of benzene rings is 1. The number of amides is 1. The van der Waals surface area contributed by atoms with Crippen molar-refractivity contribution in [3.8, 4) is 5.75 Å².